The van der Waals surface area contributed by atoms with Crippen LogP contribution < -0.4 is 15.6 Å². The lowest BCUT2D eigenvalue weighted by molar-refractivity contribution is -0.144. The van der Waals surface area contributed by atoms with Crippen LogP contribution in [0, 0.1) is 17.1 Å². The average molecular weight is 487 g/mol. The SMILES string of the molecule is COc1ccc2c(=O)n(CCNC(C)(C(=O)O)c3cccnc3)c(C#N)c(-c3cccc(F)c3)c2c1. The number of rotatable bonds is 8. The number of aromatic nitrogens is 2. The van der Waals surface area contributed by atoms with Crippen LogP contribution in [0.4, 0.5) is 4.39 Å². The van der Waals surface area contributed by atoms with Crippen molar-refractivity contribution in [3.63, 3.8) is 0 Å². The maximum atomic E-state index is 14.1. The van der Waals surface area contributed by atoms with E-state index in [1.807, 2.05) is 0 Å². The molecule has 1 atom stereocenters. The van der Waals surface area contributed by atoms with E-state index in [0.29, 0.717) is 33.2 Å². The molecule has 0 fully saturated rings. The minimum absolute atomic E-state index is 0.00482. The lowest BCUT2D eigenvalue weighted by atomic mass is 9.93. The standard InChI is InChI=1S/C27H23FN4O4/c1-27(26(34)35,18-6-4-10-30-16-18)31-11-12-32-23(15-29)24(17-5-3-7-19(28)13-17)22-14-20(36-2)8-9-21(22)25(32)33/h3-10,13-14,16,31H,11-12H2,1-2H3,(H,34,35). The summed E-state index contributed by atoms with van der Waals surface area (Å²) in [5, 5.41) is 23.8. The van der Waals surface area contributed by atoms with Crippen LogP contribution in [0.3, 0.4) is 0 Å². The summed E-state index contributed by atoms with van der Waals surface area (Å²) in [6, 6.07) is 16.0. The number of nitrogens with zero attached hydrogens (tertiary/aromatic N) is 3. The number of fused-ring (bicyclic) bond motifs is 1. The van der Waals surface area contributed by atoms with Crippen LogP contribution in [0.2, 0.25) is 0 Å². The van der Waals surface area contributed by atoms with Gasteiger partial charge in [0, 0.05) is 47.4 Å². The Balaban J connectivity index is 1.83. The Morgan fingerprint density at radius 2 is 2.03 bits per heavy atom. The molecule has 1 unspecified atom stereocenters. The van der Waals surface area contributed by atoms with Gasteiger partial charge in [-0.1, -0.05) is 18.2 Å². The number of aliphatic carboxylic acids is 1. The fourth-order valence-electron chi connectivity index (χ4n) is 4.20. The number of carboxylic acids is 1. The number of nitriles is 1. The Bertz CT molecular complexity index is 1550. The molecule has 2 aromatic carbocycles. The third-order valence-electron chi connectivity index (χ3n) is 6.18. The van der Waals surface area contributed by atoms with Gasteiger partial charge >= 0.3 is 5.97 Å². The zero-order valence-electron chi connectivity index (χ0n) is 19.7. The van der Waals surface area contributed by atoms with Crippen molar-refractivity contribution in [2.24, 2.45) is 0 Å². The second-order valence-electron chi connectivity index (χ2n) is 8.31. The summed E-state index contributed by atoms with van der Waals surface area (Å²) in [5.41, 5.74) is -0.608. The second kappa shape index (κ2) is 9.98. The number of halogens is 1. The van der Waals surface area contributed by atoms with Gasteiger partial charge in [-0.15, -0.1) is 0 Å². The van der Waals surface area contributed by atoms with Crippen molar-refractivity contribution in [3.8, 4) is 22.9 Å². The Labute approximate surface area is 206 Å². The topological polar surface area (TPSA) is 117 Å². The quantitative estimate of drug-likeness (QED) is 0.390. The van der Waals surface area contributed by atoms with E-state index in [2.05, 4.69) is 16.4 Å². The summed E-state index contributed by atoms with van der Waals surface area (Å²) in [6.45, 7) is 1.55. The normalized spacial score (nSPS) is 12.6. The van der Waals surface area contributed by atoms with Gasteiger partial charge in [0.25, 0.3) is 5.56 Å². The zero-order valence-corrected chi connectivity index (χ0v) is 19.7. The molecule has 0 aliphatic heterocycles. The maximum absolute atomic E-state index is 14.1. The molecule has 0 amide bonds. The Hall–Kier alpha value is -4.55. The van der Waals surface area contributed by atoms with Crippen LogP contribution in [0.25, 0.3) is 21.9 Å². The average Bonchev–Trinajstić information content (AvgIpc) is 2.89. The van der Waals surface area contributed by atoms with E-state index in [4.69, 9.17) is 4.74 Å². The van der Waals surface area contributed by atoms with Crippen molar-refractivity contribution in [1.29, 1.82) is 5.26 Å². The number of nitrogens with one attached hydrogen (secondary N) is 1. The highest BCUT2D eigenvalue weighted by Gasteiger charge is 2.35. The summed E-state index contributed by atoms with van der Waals surface area (Å²) in [4.78, 5) is 29.6. The summed E-state index contributed by atoms with van der Waals surface area (Å²) in [5.74, 6) is -1.12. The molecule has 9 heteroatoms. The van der Waals surface area contributed by atoms with E-state index >= 15 is 0 Å². The van der Waals surface area contributed by atoms with Gasteiger partial charge in [0.05, 0.1) is 7.11 Å². The number of carbonyl (C=O) groups is 1. The first-order valence-corrected chi connectivity index (χ1v) is 11.1. The molecule has 2 aromatic heterocycles. The summed E-state index contributed by atoms with van der Waals surface area (Å²) in [6.07, 6.45) is 3.00. The fraction of sp³-hybridized carbons (Fsp3) is 0.185. The molecule has 0 aliphatic carbocycles. The molecule has 4 rings (SSSR count). The number of carboxylic acid groups (broad SMARTS) is 1. The van der Waals surface area contributed by atoms with Crippen molar-refractivity contribution in [1.82, 2.24) is 14.9 Å². The van der Waals surface area contributed by atoms with E-state index in [0.717, 1.165) is 0 Å². The first-order valence-electron chi connectivity index (χ1n) is 11.1. The number of hydrogen-bond donors (Lipinski definition) is 2. The highest BCUT2D eigenvalue weighted by Crippen LogP contribution is 2.33. The van der Waals surface area contributed by atoms with Crippen molar-refractivity contribution in [2.45, 2.75) is 19.0 Å². The first-order chi connectivity index (χ1) is 17.3. The molecule has 0 saturated carbocycles. The van der Waals surface area contributed by atoms with Gasteiger partial charge in [0.15, 0.2) is 0 Å². The summed E-state index contributed by atoms with van der Waals surface area (Å²) in [7, 11) is 1.49. The molecule has 8 nitrogen and oxygen atoms in total. The van der Waals surface area contributed by atoms with Crippen molar-refractivity contribution >= 4 is 16.7 Å². The molecule has 4 aromatic rings. The molecule has 2 heterocycles. The third-order valence-corrected chi connectivity index (χ3v) is 6.18. The fourth-order valence-corrected chi connectivity index (χ4v) is 4.20. The molecule has 182 valence electrons. The lowest BCUT2D eigenvalue weighted by Gasteiger charge is -2.27. The van der Waals surface area contributed by atoms with Crippen LogP contribution in [-0.2, 0) is 16.9 Å². The van der Waals surface area contributed by atoms with Crippen molar-refractivity contribution < 1.29 is 19.0 Å². The second-order valence-corrected chi connectivity index (χ2v) is 8.31. The molecule has 0 saturated heterocycles. The smallest absolute Gasteiger partial charge is 0.328 e. The van der Waals surface area contributed by atoms with Crippen LogP contribution in [-0.4, -0.2) is 34.3 Å². The summed E-state index contributed by atoms with van der Waals surface area (Å²) >= 11 is 0. The number of hydrogen-bond acceptors (Lipinski definition) is 6. The highest BCUT2D eigenvalue weighted by atomic mass is 19.1. The number of benzene rings is 2. The minimum atomic E-state index is -1.47. The molecule has 0 aliphatic rings. The molecule has 36 heavy (non-hydrogen) atoms. The summed E-state index contributed by atoms with van der Waals surface area (Å²) < 4.78 is 20.7. The number of methoxy groups -OCH3 is 1. The van der Waals surface area contributed by atoms with Crippen LogP contribution in [0.15, 0.2) is 71.8 Å². The van der Waals surface area contributed by atoms with Crippen molar-refractivity contribution in [2.75, 3.05) is 13.7 Å². The molecule has 2 N–H and O–H groups in total. The largest absolute Gasteiger partial charge is 0.497 e. The van der Waals surface area contributed by atoms with E-state index in [1.54, 1.807) is 42.6 Å². The van der Waals surface area contributed by atoms with Crippen LogP contribution in [0.1, 0.15) is 18.2 Å². The third kappa shape index (κ3) is 4.42. The van der Waals surface area contributed by atoms with Crippen LogP contribution >= 0.6 is 0 Å². The van der Waals surface area contributed by atoms with Gasteiger partial charge < -0.3 is 9.84 Å². The van der Waals surface area contributed by atoms with Crippen LogP contribution in [0.5, 0.6) is 5.75 Å². The van der Waals surface area contributed by atoms with E-state index in [1.165, 1.54) is 43.0 Å². The van der Waals surface area contributed by atoms with Crippen molar-refractivity contribution in [3.05, 3.63) is 94.4 Å². The highest BCUT2D eigenvalue weighted by molar-refractivity contribution is 5.99. The van der Waals surface area contributed by atoms with Gasteiger partial charge in [-0.3, -0.25) is 19.7 Å². The number of pyridine rings is 2. The predicted octanol–water partition coefficient (Wildman–Crippen LogP) is 3.67. The van der Waals surface area contributed by atoms with Gasteiger partial charge in [0.1, 0.15) is 28.9 Å². The predicted molar refractivity (Wildman–Crippen MR) is 132 cm³/mol. The zero-order chi connectivity index (χ0) is 25.9. The maximum Gasteiger partial charge on any atom is 0.328 e. The molecule has 0 radical (unpaired) electrons. The van der Waals surface area contributed by atoms with E-state index in [-0.39, 0.29) is 18.8 Å². The van der Waals surface area contributed by atoms with E-state index < -0.39 is 22.9 Å². The molecule has 0 bridgehead atoms. The Kier molecular flexibility index (Phi) is 6.81. The van der Waals surface area contributed by atoms with Gasteiger partial charge in [-0.25, -0.2) is 9.18 Å². The molecular weight excluding hydrogens is 463 g/mol. The Morgan fingerprint density at radius 3 is 2.67 bits per heavy atom. The molecule has 0 spiro atoms. The first kappa shape index (κ1) is 24.6. The lowest BCUT2D eigenvalue weighted by Crippen LogP contribution is -2.48. The monoisotopic (exact) mass is 486 g/mol. The van der Waals surface area contributed by atoms with Gasteiger partial charge in [-0.2, -0.15) is 5.26 Å². The van der Waals surface area contributed by atoms with Gasteiger partial charge in [-0.05, 0) is 48.9 Å². The minimum Gasteiger partial charge on any atom is -0.497 e. The van der Waals surface area contributed by atoms with E-state index in [9.17, 15) is 24.3 Å². The Morgan fingerprint density at radius 1 is 1.22 bits per heavy atom. The molecular formula is C27H23FN4O4. The van der Waals surface area contributed by atoms with Gasteiger partial charge in [0.2, 0.25) is 0 Å². The number of ether oxygens (including phenoxy) is 1.